The van der Waals surface area contributed by atoms with Crippen molar-refractivity contribution in [2.24, 2.45) is 0 Å². The molecule has 0 bridgehead atoms. The second-order valence-electron chi connectivity index (χ2n) is 0.408. The Morgan fingerprint density at radius 1 is 1.17 bits per heavy atom. The largest absolute Gasteiger partial charge is 2.00 e. The molecule has 0 atom stereocenters. The Labute approximate surface area is 45.1 Å². The van der Waals surface area contributed by atoms with Crippen LogP contribution in [-0.4, -0.2) is 17.5 Å². The first-order chi connectivity index (χ1) is 2.00. The quantitative estimate of drug-likeness (QED) is 0.246. The third-order valence-corrected chi connectivity index (χ3v) is 0. The van der Waals surface area contributed by atoms with Crippen LogP contribution in [0.15, 0.2) is 0 Å². The molecule has 0 N–H and O–H groups in total. The van der Waals surface area contributed by atoms with E-state index in [1.807, 2.05) is 0 Å². The number of hydrogen-bond acceptors (Lipinski definition) is 4. The second kappa shape index (κ2) is 2.52. The van der Waals surface area contributed by atoms with E-state index in [2.05, 4.69) is 0 Å². The predicted octanol–water partition coefficient (Wildman–Crippen LogP) is -1.34. The molecule has 0 aliphatic rings. The molecule has 0 aliphatic carbocycles. The van der Waals surface area contributed by atoms with Crippen molar-refractivity contribution >= 4 is 10.4 Å². The Hall–Kier alpha value is 0.364. The van der Waals surface area contributed by atoms with Gasteiger partial charge in [0, 0.05) is 10.4 Å². The zero-order valence-corrected chi connectivity index (χ0v) is 4.16. The van der Waals surface area contributed by atoms with E-state index in [9.17, 15) is 0 Å². The molecule has 0 aliphatic heterocycles. The molecule has 0 amide bonds. The van der Waals surface area contributed by atoms with Gasteiger partial charge in [-0.2, -0.15) is 0 Å². The molecule has 0 aromatic heterocycles. The molecule has 0 saturated carbocycles. The van der Waals surface area contributed by atoms with E-state index in [-0.39, 0.29) is 16.5 Å². The van der Waals surface area contributed by atoms with E-state index in [0.717, 1.165) is 0 Å². The fourth-order valence-electron chi connectivity index (χ4n) is 0. The predicted molar refractivity (Wildman–Crippen MR) is 10.5 cm³/mol. The van der Waals surface area contributed by atoms with Crippen molar-refractivity contribution in [3.05, 3.63) is 0 Å². The molecule has 0 aromatic carbocycles. The summed E-state index contributed by atoms with van der Waals surface area (Å²) in [5, 5.41) is 0. The first-order valence-corrected chi connectivity index (χ1v) is 2.00. The Morgan fingerprint density at radius 2 is 1.17 bits per heavy atom. The normalized spacial score (nSPS) is 9.67. The second-order valence-corrected chi connectivity index (χ2v) is 1.22. The van der Waals surface area contributed by atoms with Crippen LogP contribution in [0, 0.1) is 0 Å². The van der Waals surface area contributed by atoms with Crippen molar-refractivity contribution < 1.29 is 34.0 Å². The summed E-state index contributed by atoms with van der Waals surface area (Å²) in [5.74, 6) is 0. The molecular weight excluding hydrogens is 155 g/mol. The van der Waals surface area contributed by atoms with Gasteiger partial charge < -0.3 is 9.11 Å². The maximum atomic E-state index is 8.52. The van der Waals surface area contributed by atoms with Crippen LogP contribution in [-0.2, 0) is 26.9 Å². The van der Waals surface area contributed by atoms with Gasteiger partial charge in [0.2, 0.25) is 0 Å². The summed E-state index contributed by atoms with van der Waals surface area (Å²) < 4.78 is 34.1. The molecule has 40 valence electrons. The maximum absolute atomic E-state index is 8.52. The van der Waals surface area contributed by atoms with Gasteiger partial charge in [-0.3, -0.25) is 8.42 Å². The van der Waals surface area contributed by atoms with Crippen molar-refractivity contribution in [1.29, 1.82) is 0 Å². The summed E-state index contributed by atoms with van der Waals surface area (Å²) in [7, 11) is -5.17. The van der Waals surface area contributed by atoms with Gasteiger partial charge in [-0.05, 0) is 0 Å². The van der Waals surface area contributed by atoms with Gasteiger partial charge in [0.05, 0.1) is 0 Å². The molecule has 0 fully saturated rings. The van der Waals surface area contributed by atoms with Gasteiger partial charge in [0.15, 0.2) is 0 Å². The SMILES string of the molecule is O=S(=O)([O-])[O-].[Ni+2]. The van der Waals surface area contributed by atoms with Gasteiger partial charge in [-0.1, -0.05) is 0 Å². The van der Waals surface area contributed by atoms with Crippen LogP contribution < -0.4 is 0 Å². The molecule has 0 unspecified atom stereocenters. The minimum Gasteiger partial charge on any atom is -0.759 e. The van der Waals surface area contributed by atoms with Crippen LogP contribution in [0.25, 0.3) is 0 Å². The zero-order valence-electron chi connectivity index (χ0n) is 2.36. The molecular formula is NiO4S. The smallest absolute Gasteiger partial charge is 0.759 e. The van der Waals surface area contributed by atoms with Crippen LogP contribution in [0.3, 0.4) is 0 Å². The Balaban J connectivity index is 0. The Bertz CT molecular complexity index is 90.7. The first-order valence-electron chi connectivity index (χ1n) is 0.667. The summed E-state index contributed by atoms with van der Waals surface area (Å²) in [5.41, 5.74) is 0. The molecule has 0 rings (SSSR count). The third-order valence-electron chi connectivity index (χ3n) is 0. The van der Waals surface area contributed by atoms with E-state index >= 15 is 0 Å². The Morgan fingerprint density at radius 3 is 1.17 bits per heavy atom. The van der Waals surface area contributed by atoms with Crippen molar-refractivity contribution in [3.63, 3.8) is 0 Å². The number of rotatable bonds is 0. The molecule has 4 nitrogen and oxygen atoms in total. The van der Waals surface area contributed by atoms with Crippen molar-refractivity contribution in [1.82, 2.24) is 0 Å². The fourth-order valence-corrected chi connectivity index (χ4v) is 0. The minimum atomic E-state index is -5.17. The molecule has 6 heteroatoms. The third kappa shape index (κ3) is 374. The van der Waals surface area contributed by atoms with E-state index in [1.54, 1.807) is 0 Å². The monoisotopic (exact) mass is 154 g/mol. The number of hydrogen-bond donors (Lipinski definition) is 0. The van der Waals surface area contributed by atoms with Crippen LogP contribution in [0.4, 0.5) is 0 Å². The molecule has 0 heterocycles. The summed E-state index contributed by atoms with van der Waals surface area (Å²) in [6, 6.07) is 0. The topological polar surface area (TPSA) is 80.3 Å². The minimum absolute atomic E-state index is 0. The van der Waals surface area contributed by atoms with E-state index in [1.165, 1.54) is 0 Å². The molecule has 0 aromatic rings. The van der Waals surface area contributed by atoms with Gasteiger partial charge in [0.1, 0.15) is 0 Å². The van der Waals surface area contributed by atoms with Crippen molar-refractivity contribution in [2.75, 3.05) is 0 Å². The molecule has 0 spiro atoms. The zero-order chi connectivity index (χ0) is 4.50. The van der Waals surface area contributed by atoms with Crippen molar-refractivity contribution in [3.8, 4) is 0 Å². The van der Waals surface area contributed by atoms with Crippen molar-refractivity contribution in [2.45, 2.75) is 0 Å². The van der Waals surface area contributed by atoms with Crippen LogP contribution in [0.1, 0.15) is 0 Å². The van der Waals surface area contributed by atoms with Crippen LogP contribution >= 0.6 is 0 Å². The molecule has 0 radical (unpaired) electrons. The summed E-state index contributed by atoms with van der Waals surface area (Å²) in [4.78, 5) is 0. The first kappa shape index (κ1) is 9.61. The van der Waals surface area contributed by atoms with Gasteiger partial charge in [-0.15, -0.1) is 0 Å². The van der Waals surface area contributed by atoms with E-state index < -0.39 is 10.4 Å². The van der Waals surface area contributed by atoms with Crippen LogP contribution in [0.5, 0.6) is 0 Å². The van der Waals surface area contributed by atoms with Gasteiger partial charge in [-0.25, -0.2) is 0 Å². The van der Waals surface area contributed by atoms with Gasteiger partial charge >= 0.3 is 16.5 Å². The summed E-state index contributed by atoms with van der Waals surface area (Å²) in [6.07, 6.45) is 0. The average molecular weight is 155 g/mol. The van der Waals surface area contributed by atoms with Gasteiger partial charge in [0.25, 0.3) is 0 Å². The van der Waals surface area contributed by atoms with E-state index in [4.69, 9.17) is 17.5 Å². The van der Waals surface area contributed by atoms with E-state index in [0.29, 0.717) is 0 Å². The van der Waals surface area contributed by atoms with Crippen LogP contribution in [0.2, 0.25) is 0 Å². The fraction of sp³-hybridized carbons (Fsp3) is 0. The maximum Gasteiger partial charge on any atom is 2.00 e. The summed E-state index contributed by atoms with van der Waals surface area (Å²) in [6.45, 7) is 0. The Kier molecular flexibility index (Phi) is 4.04. The molecule has 0 saturated heterocycles. The standard InChI is InChI=1S/Ni.H2O4S/c;1-5(2,3)4/h;(H2,1,2,3,4)/q+2;/p-2. The molecule has 6 heavy (non-hydrogen) atoms. The average Bonchev–Trinajstić information content (AvgIpc) is 0.722. The summed E-state index contributed by atoms with van der Waals surface area (Å²) >= 11 is 0.